The van der Waals surface area contributed by atoms with E-state index in [0.717, 1.165) is 18.8 Å². The van der Waals surface area contributed by atoms with Crippen molar-refractivity contribution in [3.63, 3.8) is 0 Å². The van der Waals surface area contributed by atoms with Gasteiger partial charge >= 0.3 is 0 Å². The average molecular weight is 317 g/mol. The first kappa shape index (κ1) is 15.6. The number of benzene rings is 1. The highest BCUT2D eigenvalue weighted by Crippen LogP contribution is 2.28. The smallest absolute Gasteiger partial charge is 0.242 e. The molecule has 1 aliphatic rings. The summed E-state index contributed by atoms with van der Waals surface area (Å²) in [7, 11) is -3.57. The Labute approximate surface area is 125 Å². The molecule has 20 heavy (non-hydrogen) atoms. The van der Waals surface area contributed by atoms with Crippen molar-refractivity contribution in [2.45, 2.75) is 43.4 Å². The van der Waals surface area contributed by atoms with Crippen LogP contribution in [0.1, 0.15) is 38.5 Å². The Balaban J connectivity index is 1.88. The number of sulfonamides is 1. The molecule has 0 aliphatic heterocycles. The molecular weight excluding hydrogens is 296 g/mol. The van der Waals surface area contributed by atoms with E-state index < -0.39 is 10.0 Å². The normalized spacial score (nSPS) is 16.6. The molecule has 0 spiro atoms. The Morgan fingerprint density at radius 2 is 2.00 bits per heavy atom. The third-order valence-corrected chi connectivity index (χ3v) is 5.57. The first-order valence-corrected chi connectivity index (χ1v) is 8.90. The lowest BCUT2D eigenvalue weighted by atomic mass is 10.0. The minimum Gasteiger partial charge on any atom is -0.398 e. The van der Waals surface area contributed by atoms with Crippen LogP contribution < -0.4 is 10.5 Å². The van der Waals surface area contributed by atoms with Crippen LogP contribution in [-0.2, 0) is 10.0 Å². The summed E-state index contributed by atoms with van der Waals surface area (Å²) in [6.07, 6.45) is 7.16. The fourth-order valence-electron chi connectivity index (χ4n) is 2.71. The Hall–Kier alpha value is -0.780. The molecule has 112 valence electrons. The van der Waals surface area contributed by atoms with E-state index in [1.165, 1.54) is 37.8 Å². The van der Waals surface area contributed by atoms with Crippen LogP contribution >= 0.6 is 11.6 Å². The molecule has 1 aromatic carbocycles. The summed E-state index contributed by atoms with van der Waals surface area (Å²) in [6.45, 7) is 0.449. The van der Waals surface area contributed by atoms with Gasteiger partial charge in [-0.25, -0.2) is 13.1 Å². The van der Waals surface area contributed by atoms with E-state index in [1.54, 1.807) is 6.07 Å². The van der Waals surface area contributed by atoms with Gasteiger partial charge in [0.25, 0.3) is 0 Å². The molecule has 0 amide bonds. The van der Waals surface area contributed by atoms with Gasteiger partial charge in [-0.05, 0) is 37.0 Å². The topological polar surface area (TPSA) is 72.2 Å². The predicted octanol–water partition coefficient (Wildman–Crippen LogP) is 3.17. The number of anilines is 1. The molecule has 2 rings (SSSR count). The molecule has 1 aliphatic carbocycles. The number of hydrogen-bond acceptors (Lipinski definition) is 3. The van der Waals surface area contributed by atoms with E-state index >= 15 is 0 Å². The van der Waals surface area contributed by atoms with Gasteiger partial charge < -0.3 is 5.73 Å². The van der Waals surface area contributed by atoms with Gasteiger partial charge in [0.2, 0.25) is 10.0 Å². The maximum atomic E-state index is 12.2. The summed E-state index contributed by atoms with van der Waals surface area (Å²) in [5.41, 5.74) is 5.92. The SMILES string of the molecule is Nc1ccc(Cl)cc1S(=O)(=O)NCCCC1CCCC1. The van der Waals surface area contributed by atoms with Gasteiger partial charge in [0.15, 0.2) is 0 Å². The second-order valence-electron chi connectivity index (χ2n) is 5.37. The largest absolute Gasteiger partial charge is 0.398 e. The van der Waals surface area contributed by atoms with Crippen LogP contribution in [0.25, 0.3) is 0 Å². The molecule has 0 atom stereocenters. The summed E-state index contributed by atoms with van der Waals surface area (Å²) < 4.78 is 26.9. The molecule has 4 nitrogen and oxygen atoms in total. The van der Waals surface area contributed by atoms with E-state index in [1.807, 2.05) is 0 Å². The van der Waals surface area contributed by atoms with Crippen LogP contribution in [0.4, 0.5) is 5.69 Å². The Bertz CT molecular complexity index is 554. The molecule has 1 saturated carbocycles. The van der Waals surface area contributed by atoms with E-state index in [0.29, 0.717) is 11.6 Å². The van der Waals surface area contributed by atoms with Crippen molar-refractivity contribution in [3.8, 4) is 0 Å². The van der Waals surface area contributed by atoms with Gasteiger partial charge in [-0.3, -0.25) is 0 Å². The fourth-order valence-corrected chi connectivity index (χ4v) is 4.18. The molecule has 1 aromatic rings. The standard InChI is InChI=1S/C14H21ClN2O2S/c15-12-7-8-13(16)14(10-12)20(18,19)17-9-3-6-11-4-1-2-5-11/h7-8,10-11,17H,1-6,9,16H2. The zero-order valence-corrected chi connectivity index (χ0v) is 13.0. The summed E-state index contributed by atoms with van der Waals surface area (Å²) in [5.74, 6) is 0.774. The van der Waals surface area contributed by atoms with Crippen molar-refractivity contribution in [3.05, 3.63) is 23.2 Å². The molecule has 0 unspecified atom stereocenters. The molecule has 0 radical (unpaired) electrons. The summed E-state index contributed by atoms with van der Waals surface area (Å²) >= 11 is 5.82. The predicted molar refractivity (Wildman–Crippen MR) is 82.2 cm³/mol. The maximum absolute atomic E-state index is 12.2. The van der Waals surface area contributed by atoms with E-state index in [-0.39, 0.29) is 10.6 Å². The Kier molecular flexibility index (Phi) is 5.29. The minimum atomic E-state index is -3.57. The van der Waals surface area contributed by atoms with Crippen LogP contribution in [0.15, 0.2) is 23.1 Å². The number of nitrogens with two attached hydrogens (primary N) is 1. The van der Waals surface area contributed by atoms with Gasteiger partial charge in [-0.15, -0.1) is 0 Å². The number of halogens is 1. The van der Waals surface area contributed by atoms with Crippen molar-refractivity contribution in [2.75, 3.05) is 12.3 Å². The van der Waals surface area contributed by atoms with Gasteiger partial charge in [0.1, 0.15) is 4.90 Å². The molecular formula is C14H21ClN2O2S. The maximum Gasteiger partial charge on any atom is 0.242 e. The highest BCUT2D eigenvalue weighted by Gasteiger charge is 2.18. The van der Waals surface area contributed by atoms with Gasteiger partial charge in [0.05, 0.1) is 5.69 Å². The van der Waals surface area contributed by atoms with Crippen LogP contribution in [0.5, 0.6) is 0 Å². The lowest BCUT2D eigenvalue weighted by Crippen LogP contribution is -2.26. The monoisotopic (exact) mass is 316 g/mol. The molecule has 0 aromatic heterocycles. The third kappa shape index (κ3) is 4.11. The second-order valence-corrected chi connectivity index (χ2v) is 7.54. The van der Waals surface area contributed by atoms with Crippen molar-refractivity contribution < 1.29 is 8.42 Å². The van der Waals surface area contributed by atoms with E-state index in [9.17, 15) is 8.42 Å². The summed E-state index contributed by atoms with van der Waals surface area (Å²) in [4.78, 5) is 0.0610. The highest BCUT2D eigenvalue weighted by molar-refractivity contribution is 7.89. The number of nitrogen functional groups attached to an aromatic ring is 1. The quantitative estimate of drug-likeness (QED) is 0.625. The first-order chi connectivity index (χ1) is 9.49. The van der Waals surface area contributed by atoms with Crippen molar-refractivity contribution >= 4 is 27.3 Å². The Morgan fingerprint density at radius 1 is 1.30 bits per heavy atom. The van der Waals surface area contributed by atoms with Gasteiger partial charge in [0, 0.05) is 11.6 Å². The highest BCUT2D eigenvalue weighted by atomic mass is 35.5. The number of hydrogen-bond donors (Lipinski definition) is 2. The zero-order valence-electron chi connectivity index (χ0n) is 11.4. The zero-order chi connectivity index (χ0) is 14.6. The molecule has 3 N–H and O–H groups in total. The first-order valence-electron chi connectivity index (χ1n) is 7.04. The molecule has 0 saturated heterocycles. The Morgan fingerprint density at radius 3 is 2.70 bits per heavy atom. The molecule has 0 bridgehead atoms. The van der Waals surface area contributed by atoms with E-state index in [2.05, 4.69) is 4.72 Å². The number of rotatable bonds is 6. The second kappa shape index (κ2) is 6.78. The summed E-state index contributed by atoms with van der Waals surface area (Å²) in [6, 6.07) is 4.47. The lowest BCUT2D eigenvalue weighted by molar-refractivity contribution is 0.480. The average Bonchev–Trinajstić information content (AvgIpc) is 2.90. The molecule has 1 fully saturated rings. The van der Waals surface area contributed by atoms with Crippen molar-refractivity contribution in [1.29, 1.82) is 0 Å². The number of nitrogens with one attached hydrogen (secondary N) is 1. The van der Waals surface area contributed by atoms with Gasteiger partial charge in [-0.1, -0.05) is 37.3 Å². The van der Waals surface area contributed by atoms with Crippen LogP contribution in [0.3, 0.4) is 0 Å². The van der Waals surface area contributed by atoms with Crippen LogP contribution in [0.2, 0.25) is 5.02 Å². The molecule has 6 heteroatoms. The fraction of sp³-hybridized carbons (Fsp3) is 0.571. The van der Waals surface area contributed by atoms with Gasteiger partial charge in [-0.2, -0.15) is 0 Å². The summed E-state index contributed by atoms with van der Waals surface area (Å²) in [5, 5.41) is 0.366. The minimum absolute atomic E-state index is 0.0610. The lowest BCUT2D eigenvalue weighted by Gasteiger charge is -2.11. The van der Waals surface area contributed by atoms with Crippen LogP contribution in [0, 0.1) is 5.92 Å². The van der Waals surface area contributed by atoms with Crippen LogP contribution in [-0.4, -0.2) is 15.0 Å². The third-order valence-electron chi connectivity index (χ3n) is 3.82. The van der Waals surface area contributed by atoms with E-state index in [4.69, 9.17) is 17.3 Å². The van der Waals surface area contributed by atoms with Crippen molar-refractivity contribution in [2.24, 2.45) is 5.92 Å². The molecule has 0 heterocycles. The van der Waals surface area contributed by atoms with Crippen molar-refractivity contribution in [1.82, 2.24) is 4.72 Å².